The first-order valence-electron chi connectivity index (χ1n) is 5.70. The van der Waals surface area contributed by atoms with E-state index in [9.17, 15) is 0 Å². The first-order chi connectivity index (χ1) is 8.31. The molecule has 4 nitrogen and oxygen atoms in total. The van der Waals surface area contributed by atoms with E-state index >= 15 is 0 Å². The van der Waals surface area contributed by atoms with Crippen molar-refractivity contribution in [2.75, 3.05) is 6.61 Å². The highest BCUT2D eigenvalue weighted by molar-refractivity contribution is 5.27. The molecule has 2 rings (SSSR count). The summed E-state index contributed by atoms with van der Waals surface area (Å²) in [6.07, 6.45) is 3.72. The van der Waals surface area contributed by atoms with Gasteiger partial charge in [0.25, 0.3) is 0 Å². The van der Waals surface area contributed by atoms with Crippen LogP contribution >= 0.6 is 0 Å². The third kappa shape index (κ3) is 2.96. The van der Waals surface area contributed by atoms with Gasteiger partial charge in [-0.2, -0.15) is 5.26 Å². The lowest BCUT2D eigenvalue weighted by Gasteiger charge is -2.26. The van der Waals surface area contributed by atoms with Gasteiger partial charge in [-0.3, -0.25) is 0 Å². The maximum atomic E-state index is 8.92. The van der Waals surface area contributed by atoms with Crippen LogP contribution in [0.2, 0.25) is 0 Å². The average Bonchev–Trinajstić information content (AvgIpc) is 2.90. The van der Waals surface area contributed by atoms with Crippen LogP contribution in [0.25, 0.3) is 0 Å². The van der Waals surface area contributed by atoms with Gasteiger partial charge in [0.1, 0.15) is 5.76 Å². The van der Waals surface area contributed by atoms with Crippen LogP contribution in [0.1, 0.15) is 31.1 Å². The minimum Gasteiger partial charge on any atom is -0.466 e. The number of furan rings is 1. The molecule has 0 amide bonds. The molecule has 4 heteroatoms. The first kappa shape index (κ1) is 11.9. The van der Waals surface area contributed by atoms with Crippen LogP contribution in [0.15, 0.2) is 35.0 Å². The summed E-state index contributed by atoms with van der Waals surface area (Å²) in [5, 5.41) is 8.92. The zero-order valence-electron chi connectivity index (χ0n) is 9.59. The average molecular weight is 233 g/mol. The van der Waals surface area contributed by atoms with Gasteiger partial charge in [0.05, 0.1) is 17.9 Å². The van der Waals surface area contributed by atoms with Gasteiger partial charge < -0.3 is 13.9 Å². The van der Waals surface area contributed by atoms with Crippen LogP contribution in [0.5, 0.6) is 0 Å². The summed E-state index contributed by atoms with van der Waals surface area (Å²) in [6, 6.07) is 5.54. The Morgan fingerprint density at radius 2 is 2.47 bits per heavy atom. The standard InChI is InChI=1S/C13H15NO3/c1-10(9-14)13(11-5-4-8-15-11)17-12-6-2-3-7-16-12/h4-5,8,12-13H,1-3,6-7H2. The SMILES string of the molecule is C=C(C#N)C(OC1CCCCO1)c1ccco1. The summed E-state index contributed by atoms with van der Waals surface area (Å²) in [5.74, 6) is 0.589. The molecule has 2 atom stereocenters. The van der Waals surface area contributed by atoms with Crippen LogP contribution < -0.4 is 0 Å². The quantitative estimate of drug-likeness (QED) is 0.750. The minimum absolute atomic E-state index is 0.274. The third-order valence-corrected chi connectivity index (χ3v) is 2.69. The lowest BCUT2D eigenvalue weighted by Crippen LogP contribution is -2.24. The molecule has 0 aromatic carbocycles. The van der Waals surface area contributed by atoms with Crippen molar-refractivity contribution >= 4 is 0 Å². The van der Waals surface area contributed by atoms with Crippen molar-refractivity contribution in [1.29, 1.82) is 5.26 Å². The Labute approximate surface area is 100 Å². The number of rotatable bonds is 4. The smallest absolute Gasteiger partial charge is 0.159 e. The van der Waals surface area contributed by atoms with Crippen molar-refractivity contribution in [3.05, 3.63) is 36.3 Å². The minimum atomic E-state index is -0.543. The van der Waals surface area contributed by atoms with E-state index in [4.69, 9.17) is 19.2 Å². The Morgan fingerprint density at radius 3 is 3.06 bits per heavy atom. The summed E-state index contributed by atoms with van der Waals surface area (Å²) >= 11 is 0. The molecule has 1 aliphatic heterocycles. The molecule has 0 aliphatic carbocycles. The summed E-state index contributed by atoms with van der Waals surface area (Å²) in [4.78, 5) is 0. The summed E-state index contributed by atoms with van der Waals surface area (Å²) in [5.41, 5.74) is 0.328. The fourth-order valence-electron chi connectivity index (χ4n) is 1.79. The van der Waals surface area contributed by atoms with E-state index in [0.29, 0.717) is 17.9 Å². The lowest BCUT2D eigenvalue weighted by molar-refractivity contribution is -0.184. The van der Waals surface area contributed by atoms with Crippen LogP contribution in [0.4, 0.5) is 0 Å². The van der Waals surface area contributed by atoms with Crippen molar-refractivity contribution in [2.45, 2.75) is 31.7 Å². The van der Waals surface area contributed by atoms with Gasteiger partial charge in [-0.25, -0.2) is 0 Å². The van der Waals surface area contributed by atoms with E-state index in [2.05, 4.69) is 6.58 Å². The van der Waals surface area contributed by atoms with E-state index in [1.807, 2.05) is 6.07 Å². The van der Waals surface area contributed by atoms with Crippen LogP contribution in [0, 0.1) is 11.3 Å². The number of ether oxygens (including phenoxy) is 2. The monoisotopic (exact) mass is 233 g/mol. The third-order valence-electron chi connectivity index (χ3n) is 2.69. The molecule has 90 valence electrons. The predicted molar refractivity (Wildman–Crippen MR) is 60.9 cm³/mol. The number of hydrogen-bond acceptors (Lipinski definition) is 4. The molecule has 0 N–H and O–H groups in total. The Kier molecular flexibility index (Phi) is 3.97. The zero-order chi connectivity index (χ0) is 12.1. The molecule has 1 fully saturated rings. The molecule has 0 bridgehead atoms. The Morgan fingerprint density at radius 1 is 1.59 bits per heavy atom. The van der Waals surface area contributed by atoms with Crippen LogP contribution in [0.3, 0.4) is 0 Å². The Hall–Kier alpha value is -1.57. The van der Waals surface area contributed by atoms with E-state index in [1.54, 1.807) is 18.4 Å². The highest BCUT2D eigenvalue weighted by Crippen LogP contribution is 2.29. The van der Waals surface area contributed by atoms with Gasteiger partial charge in [0.15, 0.2) is 12.4 Å². The summed E-state index contributed by atoms with van der Waals surface area (Å²) in [6.45, 7) is 4.40. The number of hydrogen-bond donors (Lipinski definition) is 0. The second-order valence-corrected chi connectivity index (χ2v) is 3.96. The summed E-state index contributed by atoms with van der Waals surface area (Å²) < 4.78 is 16.5. The Bertz CT molecular complexity index is 399. The predicted octanol–water partition coefficient (Wildman–Crippen LogP) is 2.94. The maximum absolute atomic E-state index is 8.92. The fourth-order valence-corrected chi connectivity index (χ4v) is 1.79. The van der Waals surface area contributed by atoms with Gasteiger partial charge in [-0.1, -0.05) is 6.58 Å². The van der Waals surface area contributed by atoms with E-state index in [-0.39, 0.29) is 6.29 Å². The molecular weight excluding hydrogens is 218 g/mol. The van der Waals surface area contributed by atoms with E-state index in [0.717, 1.165) is 19.3 Å². The van der Waals surface area contributed by atoms with Crippen molar-refractivity contribution < 1.29 is 13.9 Å². The van der Waals surface area contributed by atoms with E-state index in [1.165, 1.54) is 0 Å². The Balaban J connectivity index is 2.06. The van der Waals surface area contributed by atoms with Crippen molar-refractivity contribution in [2.24, 2.45) is 0 Å². The second kappa shape index (κ2) is 5.67. The number of nitriles is 1. The summed E-state index contributed by atoms with van der Waals surface area (Å²) in [7, 11) is 0. The van der Waals surface area contributed by atoms with Gasteiger partial charge in [0.2, 0.25) is 0 Å². The normalized spacial score (nSPS) is 21.7. The fraction of sp³-hybridized carbons (Fsp3) is 0.462. The topological polar surface area (TPSA) is 55.4 Å². The lowest BCUT2D eigenvalue weighted by atomic mass is 10.1. The van der Waals surface area contributed by atoms with Gasteiger partial charge in [-0.15, -0.1) is 0 Å². The van der Waals surface area contributed by atoms with E-state index < -0.39 is 6.10 Å². The first-order valence-corrected chi connectivity index (χ1v) is 5.70. The van der Waals surface area contributed by atoms with Gasteiger partial charge in [-0.05, 0) is 31.4 Å². The zero-order valence-corrected chi connectivity index (χ0v) is 9.59. The molecule has 2 heterocycles. The highest BCUT2D eigenvalue weighted by Gasteiger charge is 2.25. The highest BCUT2D eigenvalue weighted by atomic mass is 16.7. The van der Waals surface area contributed by atoms with Gasteiger partial charge >= 0.3 is 0 Å². The molecular formula is C13H15NO3. The maximum Gasteiger partial charge on any atom is 0.159 e. The largest absolute Gasteiger partial charge is 0.466 e. The molecule has 0 radical (unpaired) electrons. The van der Waals surface area contributed by atoms with Crippen molar-refractivity contribution in [1.82, 2.24) is 0 Å². The molecule has 1 saturated heterocycles. The molecule has 1 aromatic heterocycles. The van der Waals surface area contributed by atoms with Crippen molar-refractivity contribution in [3.8, 4) is 6.07 Å². The van der Waals surface area contributed by atoms with Crippen molar-refractivity contribution in [3.63, 3.8) is 0 Å². The molecule has 0 spiro atoms. The molecule has 17 heavy (non-hydrogen) atoms. The number of nitrogens with zero attached hydrogens (tertiary/aromatic N) is 1. The van der Waals surface area contributed by atoms with Gasteiger partial charge in [0, 0.05) is 6.61 Å². The van der Waals surface area contributed by atoms with Crippen LogP contribution in [-0.4, -0.2) is 12.9 Å². The second-order valence-electron chi connectivity index (χ2n) is 3.96. The molecule has 0 saturated carbocycles. The molecule has 1 aliphatic rings. The molecule has 1 aromatic rings. The molecule has 2 unspecified atom stereocenters. The van der Waals surface area contributed by atoms with Crippen LogP contribution in [-0.2, 0) is 9.47 Å².